The molecule has 0 saturated carbocycles. The first kappa shape index (κ1) is 19.0. The quantitative estimate of drug-likeness (QED) is 0.795. The van der Waals surface area contributed by atoms with Crippen molar-refractivity contribution in [2.45, 2.75) is 12.6 Å². The van der Waals surface area contributed by atoms with E-state index in [1.165, 1.54) is 11.8 Å². The fourth-order valence-electron chi connectivity index (χ4n) is 2.75. The monoisotopic (exact) mass is 383 g/mol. The van der Waals surface area contributed by atoms with E-state index in [0.29, 0.717) is 23.7 Å². The van der Waals surface area contributed by atoms with Gasteiger partial charge in [0.25, 0.3) is 5.91 Å². The molecule has 1 unspecified atom stereocenters. The van der Waals surface area contributed by atoms with Gasteiger partial charge in [0.2, 0.25) is 11.8 Å². The molecule has 1 heterocycles. The second-order valence-electron chi connectivity index (χ2n) is 6.14. The van der Waals surface area contributed by atoms with Crippen LogP contribution >= 0.6 is 11.8 Å². The molecule has 0 radical (unpaired) electrons. The first-order chi connectivity index (χ1) is 13.1. The van der Waals surface area contributed by atoms with Gasteiger partial charge in [0.05, 0.1) is 12.4 Å². The molecule has 2 aromatic rings. The molecule has 3 rings (SSSR count). The average molecular weight is 383 g/mol. The van der Waals surface area contributed by atoms with Gasteiger partial charge in [0.1, 0.15) is 6.04 Å². The SMILES string of the molecule is O=C(CNC(=O)C1CSCN1C(=O)c1ccccc1)NCc1ccccc1. The predicted molar refractivity (Wildman–Crippen MR) is 105 cm³/mol. The van der Waals surface area contributed by atoms with Crippen LogP contribution in [0.1, 0.15) is 15.9 Å². The maximum atomic E-state index is 12.6. The summed E-state index contributed by atoms with van der Waals surface area (Å²) in [7, 11) is 0. The number of carbonyl (C=O) groups excluding carboxylic acids is 3. The lowest BCUT2D eigenvalue weighted by Gasteiger charge is -2.23. The van der Waals surface area contributed by atoms with Crippen molar-refractivity contribution in [3.8, 4) is 0 Å². The van der Waals surface area contributed by atoms with Crippen LogP contribution in [0.15, 0.2) is 60.7 Å². The standard InChI is InChI=1S/C20H21N3O3S/c24-18(21-11-15-7-3-1-4-8-15)12-22-19(25)17-13-27-14-23(17)20(26)16-9-5-2-6-10-16/h1-10,17H,11-14H2,(H,21,24)(H,22,25). The van der Waals surface area contributed by atoms with Crippen LogP contribution in [0.2, 0.25) is 0 Å². The van der Waals surface area contributed by atoms with E-state index in [2.05, 4.69) is 10.6 Å². The number of carbonyl (C=O) groups is 3. The molecule has 0 spiro atoms. The predicted octanol–water partition coefficient (Wildman–Crippen LogP) is 1.63. The van der Waals surface area contributed by atoms with Gasteiger partial charge in [-0.25, -0.2) is 0 Å². The van der Waals surface area contributed by atoms with Crippen molar-refractivity contribution in [3.63, 3.8) is 0 Å². The molecule has 0 aliphatic carbocycles. The van der Waals surface area contributed by atoms with Gasteiger partial charge in [-0.05, 0) is 17.7 Å². The van der Waals surface area contributed by atoms with Crippen LogP contribution < -0.4 is 10.6 Å². The van der Waals surface area contributed by atoms with Crippen LogP contribution in [-0.4, -0.2) is 46.8 Å². The largest absolute Gasteiger partial charge is 0.350 e. The van der Waals surface area contributed by atoms with Crippen LogP contribution in [0.25, 0.3) is 0 Å². The molecule has 2 aromatic carbocycles. The fraction of sp³-hybridized carbons (Fsp3) is 0.250. The Bertz CT molecular complexity index is 799. The molecule has 2 N–H and O–H groups in total. The third kappa shape index (κ3) is 5.10. The highest BCUT2D eigenvalue weighted by Gasteiger charge is 2.35. The van der Waals surface area contributed by atoms with E-state index in [1.807, 2.05) is 36.4 Å². The van der Waals surface area contributed by atoms with Crippen molar-refractivity contribution in [2.24, 2.45) is 0 Å². The number of nitrogens with zero attached hydrogens (tertiary/aromatic N) is 1. The number of amides is 3. The van der Waals surface area contributed by atoms with Crippen molar-refractivity contribution in [2.75, 3.05) is 18.2 Å². The Balaban J connectivity index is 1.49. The number of hydrogen-bond acceptors (Lipinski definition) is 4. The van der Waals surface area contributed by atoms with Crippen LogP contribution in [0.4, 0.5) is 0 Å². The molecule has 1 atom stereocenters. The van der Waals surface area contributed by atoms with Gasteiger partial charge in [-0.3, -0.25) is 14.4 Å². The molecule has 0 bridgehead atoms. The number of rotatable bonds is 6. The summed E-state index contributed by atoms with van der Waals surface area (Å²) in [4.78, 5) is 38.6. The van der Waals surface area contributed by atoms with Gasteiger partial charge in [-0.2, -0.15) is 0 Å². The number of nitrogens with one attached hydrogen (secondary N) is 2. The van der Waals surface area contributed by atoms with Crippen LogP contribution in [0, 0.1) is 0 Å². The van der Waals surface area contributed by atoms with Crippen LogP contribution in [0.5, 0.6) is 0 Å². The van der Waals surface area contributed by atoms with E-state index in [0.717, 1.165) is 5.56 Å². The zero-order valence-corrected chi connectivity index (χ0v) is 15.6. The summed E-state index contributed by atoms with van der Waals surface area (Å²) in [5.41, 5.74) is 1.54. The number of thioether (sulfide) groups is 1. The van der Waals surface area contributed by atoms with Crippen LogP contribution in [0.3, 0.4) is 0 Å². The molecule has 7 heteroatoms. The lowest BCUT2D eigenvalue weighted by atomic mass is 10.1. The third-order valence-corrected chi connectivity index (χ3v) is 5.23. The summed E-state index contributed by atoms with van der Waals surface area (Å²) >= 11 is 1.53. The molecule has 1 fully saturated rings. The molecule has 1 saturated heterocycles. The second-order valence-corrected chi connectivity index (χ2v) is 7.14. The van der Waals surface area contributed by atoms with E-state index >= 15 is 0 Å². The van der Waals surface area contributed by atoms with Gasteiger partial charge in [-0.15, -0.1) is 11.8 Å². The summed E-state index contributed by atoms with van der Waals surface area (Å²) < 4.78 is 0. The fourth-order valence-corrected chi connectivity index (χ4v) is 3.90. The van der Waals surface area contributed by atoms with E-state index in [4.69, 9.17) is 0 Å². The number of hydrogen-bond donors (Lipinski definition) is 2. The van der Waals surface area contributed by atoms with Crippen molar-refractivity contribution in [1.82, 2.24) is 15.5 Å². The average Bonchev–Trinajstić information content (AvgIpc) is 3.21. The van der Waals surface area contributed by atoms with Gasteiger partial charge in [-0.1, -0.05) is 48.5 Å². The topological polar surface area (TPSA) is 78.5 Å². The lowest BCUT2D eigenvalue weighted by Crippen LogP contribution is -2.49. The summed E-state index contributed by atoms with van der Waals surface area (Å²) in [5, 5.41) is 5.40. The van der Waals surface area contributed by atoms with Gasteiger partial charge in [0.15, 0.2) is 0 Å². The first-order valence-corrected chi connectivity index (χ1v) is 9.82. The minimum Gasteiger partial charge on any atom is -0.350 e. The van der Waals surface area contributed by atoms with Gasteiger partial charge < -0.3 is 15.5 Å². The molecule has 0 aromatic heterocycles. The smallest absolute Gasteiger partial charge is 0.255 e. The second kappa shape index (κ2) is 9.23. The van der Waals surface area contributed by atoms with Gasteiger partial charge >= 0.3 is 0 Å². The normalized spacial score (nSPS) is 16.0. The summed E-state index contributed by atoms with van der Waals surface area (Å²) in [6, 6.07) is 17.9. The Morgan fingerprint density at radius 3 is 2.33 bits per heavy atom. The molecule has 27 heavy (non-hydrogen) atoms. The van der Waals surface area contributed by atoms with Gasteiger partial charge in [0, 0.05) is 17.9 Å². The zero-order chi connectivity index (χ0) is 19.1. The Labute approximate surface area is 162 Å². The minimum atomic E-state index is -0.565. The molecular weight excluding hydrogens is 362 g/mol. The summed E-state index contributed by atoms with van der Waals surface area (Å²) in [6.07, 6.45) is 0. The third-order valence-electron chi connectivity index (χ3n) is 4.22. The molecule has 140 valence electrons. The highest BCUT2D eigenvalue weighted by molar-refractivity contribution is 7.99. The van der Waals surface area contributed by atoms with Crippen molar-refractivity contribution in [3.05, 3.63) is 71.8 Å². The summed E-state index contributed by atoms with van der Waals surface area (Å²) in [6.45, 7) is 0.299. The lowest BCUT2D eigenvalue weighted by molar-refractivity contribution is -0.128. The molecule has 3 amide bonds. The molecular formula is C20H21N3O3S. The molecule has 1 aliphatic heterocycles. The maximum absolute atomic E-state index is 12.6. The summed E-state index contributed by atoms with van der Waals surface area (Å²) in [5.74, 6) is 0.245. The van der Waals surface area contributed by atoms with E-state index < -0.39 is 6.04 Å². The minimum absolute atomic E-state index is 0.111. The van der Waals surface area contributed by atoms with E-state index in [1.54, 1.807) is 29.2 Å². The Morgan fingerprint density at radius 1 is 0.963 bits per heavy atom. The van der Waals surface area contributed by atoms with Crippen molar-refractivity contribution >= 4 is 29.5 Å². The highest BCUT2D eigenvalue weighted by Crippen LogP contribution is 2.23. The van der Waals surface area contributed by atoms with Crippen molar-refractivity contribution in [1.29, 1.82) is 0 Å². The van der Waals surface area contributed by atoms with E-state index in [-0.39, 0.29) is 24.3 Å². The zero-order valence-electron chi connectivity index (χ0n) is 14.8. The highest BCUT2D eigenvalue weighted by atomic mass is 32.2. The van der Waals surface area contributed by atoms with E-state index in [9.17, 15) is 14.4 Å². The number of benzene rings is 2. The molecule has 6 nitrogen and oxygen atoms in total. The van der Waals surface area contributed by atoms with Crippen molar-refractivity contribution < 1.29 is 14.4 Å². The Hall–Kier alpha value is -2.80. The maximum Gasteiger partial charge on any atom is 0.255 e. The Morgan fingerprint density at radius 2 is 1.63 bits per heavy atom. The Kier molecular flexibility index (Phi) is 6.49. The first-order valence-electron chi connectivity index (χ1n) is 8.67. The molecule has 1 aliphatic rings. The van der Waals surface area contributed by atoms with Crippen LogP contribution in [-0.2, 0) is 16.1 Å².